The number of rotatable bonds is 1. The average molecular weight is 425 g/mol. The van der Waals surface area contributed by atoms with E-state index in [2.05, 4.69) is 20.4 Å². The van der Waals surface area contributed by atoms with Crippen LogP contribution in [0.3, 0.4) is 0 Å². The summed E-state index contributed by atoms with van der Waals surface area (Å²) in [6.07, 6.45) is 1.92. The summed E-state index contributed by atoms with van der Waals surface area (Å²) in [5, 5.41) is 0. The van der Waals surface area contributed by atoms with Crippen molar-refractivity contribution in [3.8, 4) is 0 Å². The van der Waals surface area contributed by atoms with Gasteiger partial charge in [0.15, 0.2) is 0 Å². The molecule has 0 bridgehead atoms. The molecule has 0 rings (SSSR count). The van der Waals surface area contributed by atoms with E-state index in [0.29, 0.717) is 5.92 Å². The quantitative estimate of drug-likeness (QED) is 0.367. The molecule has 0 N–H and O–H groups in total. The van der Waals surface area contributed by atoms with Crippen molar-refractivity contribution in [2.24, 2.45) is 5.92 Å². The van der Waals surface area contributed by atoms with Gasteiger partial charge < -0.3 is 50.9 Å². The Morgan fingerprint density at radius 1 is 1.11 bits per heavy atom. The Balaban J connectivity index is -0.0000000133. The minimum Gasteiger partial charge on any atom is -1.00 e. The van der Waals surface area contributed by atoms with Crippen LogP contribution in [-0.2, 0) is 0 Å². The smallest absolute Gasteiger partial charge is 1.00 e. The molecule has 0 aromatic carbocycles. The SMILES string of the molecule is C=CC(C)C.[Br-].[Br-].[Br-].[In+3]. The summed E-state index contributed by atoms with van der Waals surface area (Å²) in [7, 11) is 0. The number of hydrogen-bond donors (Lipinski definition) is 0. The molecule has 0 amide bonds. The van der Waals surface area contributed by atoms with E-state index in [9.17, 15) is 0 Å². The molecule has 0 saturated heterocycles. The van der Waals surface area contributed by atoms with Crippen LogP contribution < -0.4 is 50.9 Å². The molecular weight excluding hydrogens is 415 g/mol. The summed E-state index contributed by atoms with van der Waals surface area (Å²) >= 11 is 0. The van der Waals surface area contributed by atoms with E-state index >= 15 is 0 Å². The Labute approximate surface area is 108 Å². The van der Waals surface area contributed by atoms with Gasteiger partial charge in [-0.25, -0.2) is 0 Å². The maximum Gasteiger partial charge on any atom is 3.00 e. The van der Waals surface area contributed by atoms with Crippen molar-refractivity contribution < 1.29 is 50.9 Å². The van der Waals surface area contributed by atoms with Crippen LogP contribution in [0, 0.1) is 5.92 Å². The first-order valence-corrected chi connectivity index (χ1v) is 1.90. The summed E-state index contributed by atoms with van der Waals surface area (Å²) in [4.78, 5) is 0. The molecule has 0 aromatic heterocycles. The number of hydrogen-bond acceptors (Lipinski definition) is 0. The van der Waals surface area contributed by atoms with Crippen LogP contribution in [0.4, 0.5) is 0 Å². The Hall–Kier alpha value is 2.05. The van der Waals surface area contributed by atoms with Crippen LogP contribution in [-0.4, -0.2) is 25.8 Å². The molecule has 0 unspecified atom stereocenters. The van der Waals surface area contributed by atoms with E-state index in [0.717, 1.165) is 0 Å². The second-order valence-corrected chi connectivity index (χ2v) is 1.48. The molecule has 0 heterocycles. The predicted octanol–water partition coefficient (Wildman–Crippen LogP) is -7.54. The van der Waals surface area contributed by atoms with Crippen LogP contribution in [0.2, 0.25) is 0 Å². The Kier molecular flexibility index (Phi) is 76.2. The molecule has 0 saturated carbocycles. The summed E-state index contributed by atoms with van der Waals surface area (Å²) in [5.41, 5.74) is 0. The van der Waals surface area contributed by atoms with E-state index in [1.165, 1.54) is 0 Å². The molecule has 0 fully saturated rings. The summed E-state index contributed by atoms with van der Waals surface area (Å²) in [6, 6.07) is 0. The largest absolute Gasteiger partial charge is 3.00 e. The van der Waals surface area contributed by atoms with Crippen LogP contribution in [0.1, 0.15) is 13.8 Å². The minimum atomic E-state index is 0. The van der Waals surface area contributed by atoms with E-state index in [4.69, 9.17) is 0 Å². The van der Waals surface area contributed by atoms with Gasteiger partial charge in [-0.1, -0.05) is 19.9 Å². The monoisotopic (exact) mass is 422 g/mol. The summed E-state index contributed by atoms with van der Waals surface area (Å²) in [6.45, 7) is 7.77. The zero-order chi connectivity index (χ0) is 4.28. The maximum absolute atomic E-state index is 3.56. The molecular formula is C5H10Br3In. The maximum atomic E-state index is 3.56. The van der Waals surface area contributed by atoms with Gasteiger partial charge in [0.25, 0.3) is 0 Å². The third-order valence-corrected chi connectivity index (χ3v) is 0.471. The fourth-order valence-electron chi connectivity index (χ4n) is 0. The molecule has 0 aliphatic rings. The average Bonchev–Trinajstić information content (AvgIpc) is 1.38. The van der Waals surface area contributed by atoms with Crippen molar-refractivity contribution >= 4 is 25.8 Å². The van der Waals surface area contributed by atoms with E-state index < -0.39 is 0 Å². The second kappa shape index (κ2) is 22.5. The zero-order valence-electron chi connectivity index (χ0n) is 5.57. The van der Waals surface area contributed by atoms with Gasteiger partial charge in [-0.3, -0.25) is 0 Å². The van der Waals surface area contributed by atoms with Crippen molar-refractivity contribution in [3.63, 3.8) is 0 Å². The normalized spacial score (nSPS) is 4.78. The predicted molar refractivity (Wildman–Crippen MR) is 30.8 cm³/mol. The molecule has 54 valence electrons. The van der Waals surface area contributed by atoms with E-state index in [1.807, 2.05) is 6.08 Å². The first-order chi connectivity index (χ1) is 2.27. The Morgan fingerprint density at radius 3 is 1.22 bits per heavy atom. The van der Waals surface area contributed by atoms with Crippen molar-refractivity contribution in [1.82, 2.24) is 0 Å². The van der Waals surface area contributed by atoms with Gasteiger partial charge in [-0.05, 0) is 5.92 Å². The fraction of sp³-hybridized carbons (Fsp3) is 0.600. The summed E-state index contributed by atoms with van der Waals surface area (Å²) < 4.78 is 0. The first-order valence-electron chi connectivity index (χ1n) is 1.90. The number of halogens is 3. The topological polar surface area (TPSA) is 0 Å². The molecule has 0 radical (unpaired) electrons. The van der Waals surface area contributed by atoms with Gasteiger partial charge in [-0.15, -0.1) is 6.58 Å². The molecule has 0 aliphatic heterocycles. The molecule has 0 spiro atoms. The minimum absolute atomic E-state index is 0. The van der Waals surface area contributed by atoms with E-state index in [-0.39, 0.29) is 76.8 Å². The molecule has 0 aliphatic carbocycles. The molecule has 0 atom stereocenters. The van der Waals surface area contributed by atoms with Crippen molar-refractivity contribution in [3.05, 3.63) is 12.7 Å². The van der Waals surface area contributed by atoms with Gasteiger partial charge in [-0.2, -0.15) is 0 Å². The van der Waals surface area contributed by atoms with Gasteiger partial charge in [0, 0.05) is 0 Å². The van der Waals surface area contributed by atoms with E-state index in [1.54, 1.807) is 0 Å². The van der Waals surface area contributed by atoms with Crippen LogP contribution in [0.25, 0.3) is 0 Å². The fourth-order valence-corrected chi connectivity index (χ4v) is 0. The Morgan fingerprint density at radius 2 is 1.22 bits per heavy atom. The molecule has 0 aromatic rings. The first kappa shape index (κ1) is 30.5. The second-order valence-electron chi connectivity index (χ2n) is 1.48. The Bertz CT molecular complexity index is 39.2. The van der Waals surface area contributed by atoms with Gasteiger partial charge in [0.2, 0.25) is 0 Å². The summed E-state index contributed by atoms with van der Waals surface area (Å²) in [5.74, 6) is 0.648. The third-order valence-electron chi connectivity index (χ3n) is 0.471. The standard InChI is InChI=1S/C5H10.3BrH.In/c1-4-5(2)3;;;;/h4-5H,1H2,2-3H3;3*1H;/q;;;;+3/p-3. The van der Waals surface area contributed by atoms with Crippen LogP contribution in [0.15, 0.2) is 12.7 Å². The van der Waals surface area contributed by atoms with Crippen LogP contribution >= 0.6 is 0 Å². The third kappa shape index (κ3) is 39.7. The van der Waals surface area contributed by atoms with Gasteiger partial charge in [0.1, 0.15) is 0 Å². The number of allylic oxidation sites excluding steroid dienone is 1. The van der Waals surface area contributed by atoms with Crippen molar-refractivity contribution in [2.75, 3.05) is 0 Å². The molecule has 0 nitrogen and oxygen atoms in total. The zero-order valence-corrected chi connectivity index (χ0v) is 13.6. The van der Waals surface area contributed by atoms with Gasteiger partial charge in [0.05, 0.1) is 0 Å². The van der Waals surface area contributed by atoms with Gasteiger partial charge >= 0.3 is 25.8 Å². The van der Waals surface area contributed by atoms with Crippen molar-refractivity contribution in [1.29, 1.82) is 0 Å². The molecule has 9 heavy (non-hydrogen) atoms. The molecule has 4 heteroatoms. The van der Waals surface area contributed by atoms with Crippen molar-refractivity contribution in [2.45, 2.75) is 13.8 Å². The van der Waals surface area contributed by atoms with Crippen LogP contribution in [0.5, 0.6) is 0 Å².